The summed E-state index contributed by atoms with van der Waals surface area (Å²) in [5.74, 6) is -0.379. The molecule has 4 rings (SSSR count). The maximum Gasteiger partial charge on any atom is 0.251 e. The highest BCUT2D eigenvalue weighted by Gasteiger charge is 2.39. The highest BCUT2D eigenvalue weighted by molar-refractivity contribution is 6.22. The van der Waals surface area contributed by atoms with Crippen LogP contribution in [0.3, 0.4) is 0 Å². The lowest BCUT2D eigenvalue weighted by atomic mass is 10.1. The second-order valence-electron chi connectivity index (χ2n) is 6.09. The molecule has 2 aromatic heterocycles. The Bertz CT molecular complexity index is 919. The van der Waals surface area contributed by atoms with Crippen molar-refractivity contribution in [3.05, 3.63) is 60.6 Å². The summed E-state index contributed by atoms with van der Waals surface area (Å²) >= 11 is 0. The Labute approximate surface area is 144 Å². The first kappa shape index (κ1) is 15.5. The third-order valence-corrected chi connectivity index (χ3v) is 4.53. The van der Waals surface area contributed by atoms with E-state index in [1.165, 1.54) is 15.8 Å². The number of aromatic amines is 1. The van der Waals surface area contributed by atoms with Crippen LogP contribution in [0.15, 0.2) is 55.0 Å². The molecule has 6 nitrogen and oxygen atoms in total. The van der Waals surface area contributed by atoms with Crippen LogP contribution in [0.25, 0.3) is 10.9 Å². The van der Waals surface area contributed by atoms with Crippen molar-refractivity contribution in [2.75, 3.05) is 11.4 Å². The molecule has 2 amide bonds. The van der Waals surface area contributed by atoms with E-state index in [4.69, 9.17) is 0 Å². The Morgan fingerprint density at radius 1 is 1.16 bits per heavy atom. The average molecular weight is 334 g/mol. The van der Waals surface area contributed by atoms with Gasteiger partial charge in [0.2, 0.25) is 5.91 Å². The molecule has 25 heavy (non-hydrogen) atoms. The lowest BCUT2D eigenvalue weighted by Gasteiger charge is -2.15. The number of H-pyrrole nitrogens is 1. The van der Waals surface area contributed by atoms with E-state index in [-0.39, 0.29) is 18.2 Å². The molecule has 0 unspecified atom stereocenters. The molecule has 2 N–H and O–H groups in total. The van der Waals surface area contributed by atoms with Crippen LogP contribution in [-0.2, 0) is 16.0 Å². The summed E-state index contributed by atoms with van der Waals surface area (Å²) < 4.78 is 0. The van der Waals surface area contributed by atoms with E-state index in [0.29, 0.717) is 12.2 Å². The van der Waals surface area contributed by atoms with Gasteiger partial charge >= 0.3 is 0 Å². The fourth-order valence-corrected chi connectivity index (χ4v) is 3.28. The normalized spacial score (nSPS) is 17.6. The molecule has 0 spiro atoms. The number of rotatable bonds is 5. The number of hydrogen-bond donors (Lipinski definition) is 2. The predicted molar refractivity (Wildman–Crippen MR) is 95.1 cm³/mol. The topological polar surface area (TPSA) is 78.1 Å². The number of pyridine rings is 1. The van der Waals surface area contributed by atoms with Crippen molar-refractivity contribution in [3.63, 3.8) is 0 Å². The number of fused-ring (bicyclic) bond motifs is 1. The SMILES string of the molecule is O=C1C[C@H](NCCc2c[nH]c3ccccc23)C(=O)N1c1ccncc1. The van der Waals surface area contributed by atoms with Gasteiger partial charge in [-0.2, -0.15) is 0 Å². The minimum atomic E-state index is -0.467. The van der Waals surface area contributed by atoms with Crippen molar-refractivity contribution in [3.8, 4) is 0 Å². The van der Waals surface area contributed by atoms with Gasteiger partial charge in [-0.25, -0.2) is 4.90 Å². The van der Waals surface area contributed by atoms with Gasteiger partial charge in [-0.3, -0.25) is 14.6 Å². The zero-order valence-corrected chi connectivity index (χ0v) is 13.6. The van der Waals surface area contributed by atoms with Crippen LogP contribution in [-0.4, -0.2) is 34.4 Å². The molecule has 3 heterocycles. The first-order valence-corrected chi connectivity index (χ1v) is 8.29. The number of hydrogen-bond acceptors (Lipinski definition) is 4. The summed E-state index contributed by atoms with van der Waals surface area (Å²) in [5, 5.41) is 4.41. The van der Waals surface area contributed by atoms with Gasteiger partial charge in [0.05, 0.1) is 18.2 Å². The van der Waals surface area contributed by atoms with E-state index in [2.05, 4.69) is 21.4 Å². The van der Waals surface area contributed by atoms with E-state index in [0.717, 1.165) is 11.9 Å². The van der Waals surface area contributed by atoms with Gasteiger partial charge in [0.15, 0.2) is 0 Å². The molecule has 1 aliphatic heterocycles. The number of carbonyl (C=O) groups is 2. The molecule has 126 valence electrons. The van der Waals surface area contributed by atoms with Gasteiger partial charge in [-0.1, -0.05) is 18.2 Å². The summed E-state index contributed by atoms with van der Waals surface area (Å²) in [6, 6.07) is 11.0. The van der Waals surface area contributed by atoms with Crippen LogP contribution in [0.2, 0.25) is 0 Å². The fourth-order valence-electron chi connectivity index (χ4n) is 3.28. The van der Waals surface area contributed by atoms with Crippen LogP contribution in [0.4, 0.5) is 5.69 Å². The second-order valence-corrected chi connectivity index (χ2v) is 6.09. The van der Waals surface area contributed by atoms with Crippen molar-refractivity contribution in [2.45, 2.75) is 18.9 Å². The number of nitrogens with zero attached hydrogens (tertiary/aromatic N) is 2. The average Bonchev–Trinajstić information content (AvgIpc) is 3.17. The zero-order valence-electron chi connectivity index (χ0n) is 13.6. The summed E-state index contributed by atoms with van der Waals surface area (Å²) in [6.45, 7) is 0.635. The molecular weight excluding hydrogens is 316 g/mol. The molecule has 1 aromatic carbocycles. The molecule has 1 atom stereocenters. The number of aromatic nitrogens is 2. The van der Waals surface area contributed by atoms with Crippen LogP contribution in [0, 0.1) is 0 Å². The lowest BCUT2D eigenvalue weighted by Crippen LogP contribution is -2.39. The van der Waals surface area contributed by atoms with Crippen LogP contribution >= 0.6 is 0 Å². The third-order valence-electron chi connectivity index (χ3n) is 4.53. The molecule has 1 saturated heterocycles. The van der Waals surface area contributed by atoms with Crippen LogP contribution in [0.5, 0.6) is 0 Å². The van der Waals surface area contributed by atoms with Crippen LogP contribution in [0.1, 0.15) is 12.0 Å². The van der Waals surface area contributed by atoms with Crippen molar-refractivity contribution in [1.29, 1.82) is 0 Å². The maximum absolute atomic E-state index is 12.5. The quantitative estimate of drug-likeness (QED) is 0.700. The van der Waals surface area contributed by atoms with Gasteiger partial charge in [0.25, 0.3) is 5.91 Å². The monoisotopic (exact) mass is 334 g/mol. The number of amides is 2. The largest absolute Gasteiger partial charge is 0.361 e. The van der Waals surface area contributed by atoms with E-state index >= 15 is 0 Å². The van der Waals surface area contributed by atoms with Crippen molar-refractivity contribution >= 4 is 28.4 Å². The Hall–Kier alpha value is -2.99. The third kappa shape index (κ3) is 2.92. The Morgan fingerprint density at radius 2 is 1.96 bits per heavy atom. The highest BCUT2D eigenvalue weighted by Crippen LogP contribution is 2.22. The van der Waals surface area contributed by atoms with E-state index in [9.17, 15) is 9.59 Å². The summed E-state index contributed by atoms with van der Waals surface area (Å²) in [5.41, 5.74) is 2.88. The van der Waals surface area contributed by atoms with Gasteiger partial charge < -0.3 is 10.3 Å². The number of benzene rings is 1. The number of nitrogens with one attached hydrogen (secondary N) is 2. The standard InChI is InChI=1S/C19H18N4O2/c24-18-11-17(19(25)23(18)14-6-8-20-9-7-14)21-10-5-13-12-22-16-4-2-1-3-15(13)16/h1-4,6-9,12,17,21-22H,5,10-11H2/t17-/m0/s1. The smallest absolute Gasteiger partial charge is 0.251 e. The maximum atomic E-state index is 12.5. The molecule has 6 heteroatoms. The van der Waals surface area contributed by atoms with E-state index in [1.807, 2.05) is 24.4 Å². The van der Waals surface area contributed by atoms with Gasteiger partial charge in [0.1, 0.15) is 0 Å². The molecule has 0 bridgehead atoms. The Kier molecular flexibility index (Phi) is 4.03. The first-order chi connectivity index (χ1) is 12.2. The molecule has 0 saturated carbocycles. The first-order valence-electron chi connectivity index (χ1n) is 8.29. The zero-order chi connectivity index (χ0) is 17.2. The van der Waals surface area contributed by atoms with Gasteiger partial charge in [-0.05, 0) is 30.2 Å². The molecule has 1 fully saturated rings. The predicted octanol–water partition coefficient (Wildman–Crippen LogP) is 2.03. The highest BCUT2D eigenvalue weighted by atomic mass is 16.2. The molecule has 3 aromatic rings. The molecule has 0 aliphatic carbocycles. The number of carbonyl (C=O) groups excluding carboxylic acids is 2. The van der Waals surface area contributed by atoms with Crippen molar-refractivity contribution < 1.29 is 9.59 Å². The fraction of sp³-hybridized carbons (Fsp3) is 0.211. The van der Waals surface area contributed by atoms with E-state index < -0.39 is 6.04 Å². The summed E-state index contributed by atoms with van der Waals surface area (Å²) in [6.07, 6.45) is 6.13. The number of imide groups is 1. The minimum absolute atomic E-state index is 0.180. The number of anilines is 1. The van der Waals surface area contributed by atoms with Crippen LogP contribution < -0.4 is 10.2 Å². The lowest BCUT2D eigenvalue weighted by molar-refractivity contribution is -0.121. The Balaban J connectivity index is 1.40. The van der Waals surface area contributed by atoms with Gasteiger partial charge in [0, 0.05) is 36.0 Å². The minimum Gasteiger partial charge on any atom is -0.361 e. The molecule has 0 radical (unpaired) electrons. The Morgan fingerprint density at radius 3 is 2.80 bits per heavy atom. The summed E-state index contributed by atoms with van der Waals surface area (Å²) in [7, 11) is 0. The van der Waals surface area contributed by atoms with E-state index in [1.54, 1.807) is 24.5 Å². The second kappa shape index (κ2) is 6.49. The van der Waals surface area contributed by atoms with Crippen molar-refractivity contribution in [1.82, 2.24) is 15.3 Å². The molecule has 1 aliphatic rings. The number of para-hydroxylation sites is 1. The summed E-state index contributed by atoms with van der Waals surface area (Å²) in [4.78, 5) is 33.1. The molecular formula is C19H18N4O2. The van der Waals surface area contributed by atoms with Crippen molar-refractivity contribution in [2.24, 2.45) is 0 Å². The van der Waals surface area contributed by atoms with Gasteiger partial charge in [-0.15, -0.1) is 0 Å².